The Labute approximate surface area is 121 Å². The quantitative estimate of drug-likeness (QED) is 0.838. The highest BCUT2D eigenvalue weighted by Gasteiger charge is 2.26. The first-order chi connectivity index (χ1) is 9.22. The second kappa shape index (κ2) is 5.86. The molecule has 2 aliphatic rings. The third-order valence-corrected chi connectivity index (χ3v) is 5.76. The van der Waals surface area contributed by atoms with E-state index in [4.69, 9.17) is 0 Å². The molecule has 0 aromatic heterocycles. The van der Waals surface area contributed by atoms with E-state index >= 15 is 0 Å². The van der Waals surface area contributed by atoms with Gasteiger partial charge in [0.1, 0.15) is 0 Å². The van der Waals surface area contributed by atoms with E-state index in [2.05, 4.69) is 59.9 Å². The molecule has 3 rings (SSSR count). The summed E-state index contributed by atoms with van der Waals surface area (Å²) in [5.74, 6) is 0. The number of thioether (sulfide) groups is 1. The van der Waals surface area contributed by atoms with E-state index < -0.39 is 0 Å². The summed E-state index contributed by atoms with van der Waals surface area (Å²) in [6.07, 6.45) is 3.92. The van der Waals surface area contributed by atoms with Crippen LogP contribution in [-0.2, 0) is 6.42 Å². The number of piperidine rings is 1. The Bertz CT molecular complexity index is 400. The molecule has 19 heavy (non-hydrogen) atoms. The molecule has 3 heteroatoms. The van der Waals surface area contributed by atoms with Gasteiger partial charge in [-0.3, -0.25) is 0 Å². The number of hydrogen-bond donors (Lipinski definition) is 0. The molecule has 104 valence electrons. The molecule has 0 spiro atoms. The summed E-state index contributed by atoms with van der Waals surface area (Å²) >= 11 is 2.08. The first-order valence-corrected chi connectivity index (χ1v) is 8.23. The van der Waals surface area contributed by atoms with Gasteiger partial charge in [0, 0.05) is 22.7 Å². The molecule has 1 atom stereocenters. The van der Waals surface area contributed by atoms with Crippen molar-refractivity contribution in [1.29, 1.82) is 0 Å². The van der Waals surface area contributed by atoms with Crippen LogP contribution in [0.15, 0.2) is 29.2 Å². The van der Waals surface area contributed by atoms with E-state index in [0.717, 1.165) is 11.3 Å². The minimum absolute atomic E-state index is 0.772. The molecule has 1 unspecified atom stereocenters. The van der Waals surface area contributed by atoms with Gasteiger partial charge in [-0.15, -0.1) is 11.8 Å². The molecular formula is C16H24N2S. The zero-order chi connectivity index (χ0) is 13.2. The van der Waals surface area contributed by atoms with Crippen molar-refractivity contribution in [3.8, 4) is 0 Å². The average molecular weight is 276 g/mol. The van der Waals surface area contributed by atoms with Crippen LogP contribution in [0.5, 0.6) is 0 Å². The van der Waals surface area contributed by atoms with E-state index in [1.54, 1.807) is 5.56 Å². The maximum absolute atomic E-state index is 2.67. The molecule has 1 saturated heterocycles. The summed E-state index contributed by atoms with van der Waals surface area (Å²) in [7, 11) is 4.42. The van der Waals surface area contributed by atoms with E-state index in [0.29, 0.717) is 0 Å². The van der Waals surface area contributed by atoms with Crippen molar-refractivity contribution in [3.63, 3.8) is 0 Å². The minimum atomic E-state index is 0.772. The van der Waals surface area contributed by atoms with Gasteiger partial charge in [-0.1, -0.05) is 18.2 Å². The summed E-state index contributed by atoms with van der Waals surface area (Å²) < 4.78 is 0. The third-order valence-electron chi connectivity index (χ3n) is 4.46. The summed E-state index contributed by atoms with van der Waals surface area (Å²) in [6, 6.07) is 9.70. The van der Waals surface area contributed by atoms with Gasteiger partial charge < -0.3 is 9.80 Å². The largest absolute Gasteiger partial charge is 0.306 e. The van der Waals surface area contributed by atoms with Gasteiger partial charge in [-0.05, 0) is 58.1 Å². The fraction of sp³-hybridized carbons (Fsp3) is 0.625. The smallest absolute Gasteiger partial charge is 0.0263 e. The molecule has 1 fully saturated rings. The standard InChI is InChI=1S/C16H24N2S/c1-17(2)14-7-9-18(10-8-14)12-15-11-13-5-3-4-6-16(13)19-15/h3-6,14-15H,7-12H2,1-2H3. The van der Waals surface area contributed by atoms with Gasteiger partial charge in [0.25, 0.3) is 0 Å². The van der Waals surface area contributed by atoms with E-state index in [1.807, 2.05) is 0 Å². The van der Waals surface area contributed by atoms with Crippen molar-refractivity contribution in [1.82, 2.24) is 9.80 Å². The Morgan fingerprint density at radius 2 is 1.95 bits per heavy atom. The predicted octanol–water partition coefficient (Wildman–Crippen LogP) is 2.73. The zero-order valence-electron chi connectivity index (χ0n) is 12.0. The molecular weight excluding hydrogens is 252 g/mol. The van der Waals surface area contributed by atoms with Crippen LogP contribution >= 0.6 is 11.8 Å². The van der Waals surface area contributed by atoms with Crippen molar-refractivity contribution in [2.45, 2.75) is 35.4 Å². The number of hydrogen-bond acceptors (Lipinski definition) is 3. The van der Waals surface area contributed by atoms with E-state index in [-0.39, 0.29) is 0 Å². The number of fused-ring (bicyclic) bond motifs is 1. The lowest BCUT2D eigenvalue weighted by Crippen LogP contribution is -2.44. The van der Waals surface area contributed by atoms with Gasteiger partial charge in [-0.25, -0.2) is 0 Å². The number of nitrogens with zero attached hydrogens (tertiary/aromatic N) is 2. The number of benzene rings is 1. The van der Waals surface area contributed by atoms with Crippen LogP contribution in [0.4, 0.5) is 0 Å². The van der Waals surface area contributed by atoms with Crippen LogP contribution in [-0.4, -0.2) is 54.8 Å². The second-order valence-electron chi connectivity index (χ2n) is 6.05. The molecule has 1 aromatic rings. The van der Waals surface area contributed by atoms with Crippen LogP contribution in [0.3, 0.4) is 0 Å². The molecule has 0 saturated carbocycles. The van der Waals surface area contributed by atoms with Crippen molar-refractivity contribution in [2.75, 3.05) is 33.7 Å². The Morgan fingerprint density at radius 3 is 2.63 bits per heavy atom. The van der Waals surface area contributed by atoms with Gasteiger partial charge in [0.05, 0.1) is 0 Å². The van der Waals surface area contributed by atoms with Crippen molar-refractivity contribution < 1.29 is 0 Å². The second-order valence-corrected chi connectivity index (χ2v) is 7.39. The maximum Gasteiger partial charge on any atom is 0.0263 e. The SMILES string of the molecule is CN(C)C1CCN(CC2Cc3ccccc3S2)CC1. The highest BCUT2D eigenvalue weighted by atomic mass is 32.2. The van der Waals surface area contributed by atoms with Crippen LogP contribution < -0.4 is 0 Å². The number of rotatable bonds is 3. The molecule has 0 bridgehead atoms. The lowest BCUT2D eigenvalue weighted by Gasteiger charge is -2.36. The molecule has 2 aliphatic heterocycles. The van der Waals surface area contributed by atoms with Crippen LogP contribution in [0, 0.1) is 0 Å². The van der Waals surface area contributed by atoms with Crippen molar-refractivity contribution in [3.05, 3.63) is 29.8 Å². The first kappa shape index (κ1) is 13.5. The molecule has 0 N–H and O–H groups in total. The summed E-state index contributed by atoms with van der Waals surface area (Å²) in [5.41, 5.74) is 1.56. The predicted molar refractivity (Wildman–Crippen MR) is 82.9 cm³/mol. The van der Waals surface area contributed by atoms with Gasteiger partial charge >= 0.3 is 0 Å². The Hall–Kier alpha value is -0.510. The van der Waals surface area contributed by atoms with Gasteiger partial charge in [-0.2, -0.15) is 0 Å². The van der Waals surface area contributed by atoms with Crippen molar-refractivity contribution >= 4 is 11.8 Å². The highest BCUT2D eigenvalue weighted by Crippen LogP contribution is 2.37. The molecule has 0 aliphatic carbocycles. The van der Waals surface area contributed by atoms with Gasteiger partial charge in [0.15, 0.2) is 0 Å². The monoisotopic (exact) mass is 276 g/mol. The average Bonchev–Trinajstić information content (AvgIpc) is 2.81. The topological polar surface area (TPSA) is 6.48 Å². The molecule has 2 nitrogen and oxygen atoms in total. The Balaban J connectivity index is 1.50. The lowest BCUT2D eigenvalue weighted by molar-refractivity contribution is 0.145. The van der Waals surface area contributed by atoms with Crippen LogP contribution in [0.1, 0.15) is 18.4 Å². The normalized spacial score (nSPS) is 24.9. The fourth-order valence-corrected chi connectivity index (χ4v) is 4.63. The maximum atomic E-state index is 2.67. The first-order valence-electron chi connectivity index (χ1n) is 7.36. The van der Waals surface area contributed by atoms with Crippen molar-refractivity contribution in [2.24, 2.45) is 0 Å². The fourth-order valence-electron chi connectivity index (χ4n) is 3.26. The Morgan fingerprint density at radius 1 is 1.21 bits per heavy atom. The minimum Gasteiger partial charge on any atom is -0.306 e. The van der Waals surface area contributed by atoms with E-state index in [9.17, 15) is 0 Å². The number of likely N-dealkylation sites (tertiary alicyclic amines) is 1. The highest BCUT2D eigenvalue weighted by molar-refractivity contribution is 8.00. The third kappa shape index (κ3) is 3.15. The molecule has 0 radical (unpaired) electrons. The van der Waals surface area contributed by atoms with Gasteiger partial charge in [0.2, 0.25) is 0 Å². The Kier molecular flexibility index (Phi) is 4.15. The molecule has 0 amide bonds. The summed E-state index contributed by atoms with van der Waals surface area (Å²) in [5, 5.41) is 0.772. The van der Waals surface area contributed by atoms with E-state index in [1.165, 1.54) is 43.8 Å². The summed E-state index contributed by atoms with van der Waals surface area (Å²) in [4.78, 5) is 6.57. The zero-order valence-corrected chi connectivity index (χ0v) is 12.8. The lowest BCUT2D eigenvalue weighted by atomic mass is 10.0. The summed E-state index contributed by atoms with van der Waals surface area (Å²) in [6.45, 7) is 3.81. The van der Waals surface area contributed by atoms with Crippen LogP contribution in [0.25, 0.3) is 0 Å². The van der Waals surface area contributed by atoms with Crippen LogP contribution in [0.2, 0.25) is 0 Å². The molecule has 2 heterocycles. The molecule has 1 aromatic carbocycles.